The van der Waals surface area contributed by atoms with Crippen LogP contribution in [0.15, 0.2) is 29.8 Å². The van der Waals surface area contributed by atoms with Crippen molar-refractivity contribution in [1.82, 2.24) is 0 Å². The summed E-state index contributed by atoms with van der Waals surface area (Å²) in [6.07, 6.45) is 5.19. The van der Waals surface area contributed by atoms with E-state index < -0.39 is 0 Å². The molecule has 0 aliphatic carbocycles. The molecule has 1 aromatic rings. The number of ether oxygens (including phenoxy) is 1. The third kappa shape index (κ3) is 5.17. The quantitative estimate of drug-likeness (QED) is 0.709. The molecule has 18 heavy (non-hydrogen) atoms. The molecular formula is C16H22O2. The van der Waals surface area contributed by atoms with Crippen molar-refractivity contribution in [1.29, 1.82) is 0 Å². The van der Waals surface area contributed by atoms with Gasteiger partial charge in [-0.25, -0.2) is 0 Å². The van der Waals surface area contributed by atoms with Gasteiger partial charge in [-0.2, -0.15) is 0 Å². The Morgan fingerprint density at radius 2 is 1.89 bits per heavy atom. The average molecular weight is 246 g/mol. The van der Waals surface area contributed by atoms with E-state index in [0.717, 1.165) is 24.8 Å². The third-order valence-corrected chi connectivity index (χ3v) is 2.79. The maximum atomic E-state index is 10.8. The predicted octanol–water partition coefficient (Wildman–Crippen LogP) is 4.00. The van der Waals surface area contributed by atoms with E-state index in [-0.39, 0.29) is 5.97 Å². The normalized spacial score (nSPS) is 11.4. The molecule has 0 unspecified atom stereocenters. The molecule has 98 valence electrons. The van der Waals surface area contributed by atoms with Crippen LogP contribution in [-0.2, 0) is 16.0 Å². The standard InChI is InChI=1S/C16H22O2/c1-4-6-16(12-18-13(3)17)11-15-9-7-14(5-2)8-10-15/h7-11H,4-6,12H2,1-3H3/b16-11+. The van der Waals surface area contributed by atoms with Crippen molar-refractivity contribution in [2.24, 2.45) is 0 Å². The van der Waals surface area contributed by atoms with Crippen LogP contribution in [0.2, 0.25) is 0 Å². The zero-order chi connectivity index (χ0) is 13.4. The highest BCUT2D eigenvalue weighted by Gasteiger charge is 2.00. The summed E-state index contributed by atoms with van der Waals surface area (Å²) in [6, 6.07) is 8.51. The number of hydrogen-bond donors (Lipinski definition) is 0. The Hall–Kier alpha value is -1.57. The van der Waals surface area contributed by atoms with E-state index in [1.54, 1.807) is 0 Å². The van der Waals surface area contributed by atoms with Crippen LogP contribution in [0.5, 0.6) is 0 Å². The first-order valence-corrected chi connectivity index (χ1v) is 6.57. The van der Waals surface area contributed by atoms with E-state index in [9.17, 15) is 4.79 Å². The lowest BCUT2D eigenvalue weighted by Gasteiger charge is -2.07. The van der Waals surface area contributed by atoms with Gasteiger partial charge in [0.1, 0.15) is 6.61 Å². The van der Waals surface area contributed by atoms with Crippen LogP contribution in [-0.4, -0.2) is 12.6 Å². The van der Waals surface area contributed by atoms with Gasteiger partial charge in [0, 0.05) is 6.92 Å². The number of hydrogen-bond acceptors (Lipinski definition) is 2. The minimum atomic E-state index is -0.224. The molecule has 0 heterocycles. The summed E-state index contributed by atoms with van der Waals surface area (Å²) in [4.78, 5) is 10.8. The second-order valence-electron chi connectivity index (χ2n) is 4.43. The van der Waals surface area contributed by atoms with Gasteiger partial charge in [0.15, 0.2) is 0 Å². The Kier molecular flexibility index (Phi) is 6.20. The lowest BCUT2D eigenvalue weighted by atomic mass is 10.1. The van der Waals surface area contributed by atoms with Gasteiger partial charge in [0.05, 0.1) is 0 Å². The van der Waals surface area contributed by atoms with Crippen molar-refractivity contribution in [2.45, 2.75) is 40.0 Å². The molecule has 0 amide bonds. The summed E-state index contributed by atoms with van der Waals surface area (Å²) in [5.74, 6) is -0.224. The molecule has 0 aliphatic rings. The van der Waals surface area contributed by atoms with E-state index in [1.165, 1.54) is 18.1 Å². The molecular weight excluding hydrogens is 224 g/mol. The van der Waals surface area contributed by atoms with E-state index >= 15 is 0 Å². The van der Waals surface area contributed by atoms with Crippen LogP contribution < -0.4 is 0 Å². The van der Waals surface area contributed by atoms with E-state index in [2.05, 4.69) is 44.2 Å². The average Bonchev–Trinajstić information content (AvgIpc) is 2.37. The Bertz CT molecular complexity index is 402. The van der Waals surface area contributed by atoms with Gasteiger partial charge in [0.2, 0.25) is 0 Å². The smallest absolute Gasteiger partial charge is 0.302 e. The minimum absolute atomic E-state index is 0.224. The second-order valence-corrected chi connectivity index (χ2v) is 4.43. The number of benzene rings is 1. The van der Waals surface area contributed by atoms with Crippen molar-refractivity contribution < 1.29 is 9.53 Å². The van der Waals surface area contributed by atoms with Gasteiger partial charge in [-0.3, -0.25) is 4.79 Å². The monoisotopic (exact) mass is 246 g/mol. The topological polar surface area (TPSA) is 26.3 Å². The number of aryl methyl sites for hydroxylation is 1. The molecule has 0 bridgehead atoms. The third-order valence-electron chi connectivity index (χ3n) is 2.79. The minimum Gasteiger partial charge on any atom is -0.461 e. The molecule has 0 fully saturated rings. The van der Waals surface area contributed by atoms with Crippen molar-refractivity contribution in [3.05, 3.63) is 41.0 Å². The van der Waals surface area contributed by atoms with Crippen LogP contribution >= 0.6 is 0 Å². The zero-order valence-corrected chi connectivity index (χ0v) is 11.5. The Morgan fingerprint density at radius 3 is 2.39 bits per heavy atom. The lowest BCUT2D eigenvalue weighted by molar-refractivity contribution is -0.140. The molecule has 1 rings (SSSR count). The van der Waals surface area contributed by atoms with Gasteiger partial charge in [-0.05, 0) is 29.5 Å². The molecule has 1 aromatic carbocycles. The number of carbonyl (C=O) groups is 1. The summed E-state index contributed by atoms with van der Waals surface area (Å²) in [5.41, 5.74) is 3.67. The van der Waals surface area contributed by atoms with Crippen LogP contribution in [0.25, 0.3) is 6.08 Å². The van der Waals surface area contributed by atoms with Gasteiger partial charge in [-0.1, -0.05) is 50.6 Å². The van der Waals surface area contributed by atoms with Crippen molar-refractivity contribution in [3.63, 3.8) is 0 Å². The van der Waals surface area contributed by atoms with E-state index in [0.29, 0.717) is 6.61 Å². The summed E-state index contributed by atoms with van der Waals surface area (Å²) in [7, 11) is 0. The molecule has 0 aliphatic heterocycles. The Balaban J connectivity index is 2.75. The molecule has 0 N–H and O–H groups in total. The molecule has 0 aromatic heterocycles. The summed E-state index contributed by atoms with van der Waals surface area (Å²) >= 11 is 0. The zero-order valence-electron chi connectivity index (χ0n) is 11.5. The first kappa shape index (κ1) is 14.5. The van der Waals surface area contributed by atoms with Crippen LogP contribution in [0.4, 0.5) is 0 Å². The predicted molar refractivity (Wildman–Crippen MR) is 75.3 cm³/mol. The maximum Gasteiger partial charge on any atom is 0.302 e. The molecule has 0 spiro atoms. The van der Waals surface area contributed by atoms with Crippen molar-refractivity contribution in [3.8, 4) is 0 Å². The fourth-order valence-electron chi connectivity index (χ4n) is 1.79. The fraction of sp³-hybridized carbons (Fsp3) is 0.438. The van der Waals surface area contributed by atoms with Gasteiger partial charge in [0.25, 0.3) is 0 Å². The molecule has 2 nitrogen and oxygen atoms in total. The Morgan fingerprint density at radius 1 is 1.22 bits per heavy atom. The van der Waals surface area contributed by atoms with Gasteiger partial charge < -0.3 is 4.74 Å². The lowest BCUT2D eigenvalue weighted by Crippen LogP contribution is -2.03. The van der Waals surface area contributed by atoms with E-state index in [1.807, 2.05) is 0 Å². The van der Waals surface area contributed by atoms with Crippen LogP contribution in [0, 0.1) is 0 Å². The second kappa shape index (κ2) is 7.70. The maximum absolute atomic E-state index is 10.8. The van der Waals surface area contributed by atoms with Crippen molar-refractivity contribution in [2.75, 3.05) is 6.61 Å². The first-order valence-electron chi connectivity index (χ1n) is 6.57. The van der Waals surface area contributed by atoms with Gasteiger partial charge in [-0.15, -0.1) is 0 Å². The summed E-state index contributed by atoms with van der Waals surface area (Å²) < 4.78 is 5.07. The summed E-state index contributed by atoms with van der Waals surface area (Å²) in [5, 5.41) is 0. The molecule has 0 saturated carbocycles. The highest BCUT2D eigenvalue weighted by atomic mass is 16.5. The number of rotatable bonds is 6. The molecule has 0 saturated heterocycles. The molecule has 0 atom stereocenters. The number of carbonyl (C=O) groups excluding carboxylic acids is 1. The fourth-order valence-corrected chi connectivity index (χ4v) is 1.79. The SMILES string of the molecule is CCC/C(=C\c1ccc(CC)cc1)COC(C)=O. The first-order chi connectivity index (χ1) is 8.65. The van der Waals surface area contributed by atoms with Gasteiger partial charge >= 0.3 is 5.97 Å². The van der Waals surface area contributed by atoms with Crippen LogP contribution in [0.1, 0.15) is 44.7 Å². The Labute approximate surface area is 110 Å². The number of esters is 1. The molecule has 0 radical (unpaired) electrons. The largest absolute Gasteiger partial charge is 0.461 e. The highest BCUT2D eigenvalue weighted by molar-refractivity contribution is 5.66. The highest BCUT2D eigenvalue weighted by Crippen LogP contribution is 2.13. The molecule has 2 heteroatoms. The summed E-state index contributed by atoms with van der Waals surface area (Å²) in [6.45, 7) is 6.12. The van der Waals surface area contributed by atoms with Crippen molar-refractivity contribution >= 4 is 12.0 Å². The van der Waals surface area contributed by atoms with Crippen LogP contribution in [0.3, 0.4) is 0 Å². The van der Waals surface area contributed by atoms with E-state index in [4.69, 9.17) is 4.74 Å².